The summed E-state index contributed by atoms with van der Waals surface area (Å²) >= 11 is 0. The lowest BCUT2D eigenvalue weighted by Gasteiger charge is -2.37. The van der Waals surface area contributed by atoms with Crippen LogP contribution in [0.1, 0.15) is 24.2 Å². The number of para-hydroxylation sites is 2. The third kappa shape index (κ3) is 4.02. The average molecular weight is 369 g/mol. The molecule has 7 nitrogen and oxygen atoms in total. The molecular weight excluding hydrogens is 346 g/mol. The van der Waals surface area contributed by atoms with Gasteiger partial charge in [0.05, 0.1) is 17.2 Å². The molecule has 1 aliphatic rings. The van der Waals surface area contributed by atoms with Gasteiger partial charge >= 0.3 is 0 Å². The molecule has 3 rings (SSSR count). The van der Waals surface area contributed by atoms with Gasteiger partial charge in [-0.15, -0.1) is 0 Å². The van der Waals surface area contributed by atoms with Crippen LogP contribution in [0.4, 0.5) is 17.1 Å². The van der Waals surface area contributed by atoms with E-state index in [2.05, 4.69) is 4.90 Å². The normalized spacial score (nSPS) is 14.1. The Morgan fingerprint density at radius 2 is 1.70 bits per heavy atom. The molecule has 1 saturated heterocycles. The Kier molecular flexibility index (Phi) is 5.59. The zero-order valence-electron chi connectivity index (χ0n) is 15.6. The highest BCUT2D eigenvalue weighted by Gasteiger charge is 2.25. The number of ketones is 1. The number of rotatable bonds is 6. The molecular formula is C20H23N3O4. The van der Waals surface area contributed by atoms with E-state index in [-0.39, 0.29) is 11.5 Å². The second-order valence-electron chi connectivity index (χ2n) is 6.39. The predicted octanol–water partition coefficient (Wildman–Crippen LogP) is 3.52. The number of benzene rings is 2. The van der Waals surface area contributed by atoms with Crippen molar-refractivity contribution in [3.8, 4) is 5.75 Å². The van der Waals surface area contributed by atoms with Gasteiger partial charge in [0.25, 0.3) is 5.69 Å². The van der Waals surface area contributed by atoms with Crippen LogP contribution in [0.2, 0.25) is 0 Å². The maximum absolute atomic E-state index is 11.5. The van der Waals surface area contributed by atoms with Crippen LogP contribution >= 0.6 is 0 Å². The number of piperazine rings is 1. The summed E-state index contributed by atoms with van der Waals surface area (Å²) < 4.78 is 5.71. The van der Waals surface area contributed by atoms with Crippen molar-refractivity contribution in [2.45, 2.75) is 13.8 Å². The van der Waals surface area contributed by atoms with Gasteiger partial charge in [0.1, 0.15) is 11.4 Å². The summed E-state index contributed by atoms with van der Waals surface area (Å²) in [6.45, 7) is 6.74. The summed E-state index contributed by atoms with van der Waals surface area (Å²) in [4.78, 5) is 26.8. The highest BCUT2D eigenvalue weighted by atomic mass is 16.6. The molecule has 0 amide bonds. The van der Waals surface area contributed by atoms with Crippen LogP contribution < -0.4 is 14.5 Å². The Bertz CT molecular complexity index is 845. The topological polar surface area (TPSA) is 75.9 Å². The zero-order chi connectivity index (χ0) is 19.4. The van der Waals surface area contributed by atoms with Gasteiger partial charge < -0.3 is 14.5 Å². The van der Waals surface area contributed by atoms with Crippen LogP contribution in [0.15, 0.2) is 42.5 Å². The molecule has 1 fully saturated rings. The van der Waals surface area contributed by atoms with Crippen molar-refractivity contribution in [3.05, 3.63) is 58.1 Å². The minimum atomic E-state index is -0.418. The predicted molar refractivity (Wildman–Crippen MR) is 105 cm³/mol. The van der Waals surface area contributed by atoms with Crippen LogP contribution in [0.3, 0.4) is 0 Å². The second kappa shape index (κ2) is 8.07. The molecule has 0 saturated carbocycles. The van der Waals surface area contributed by atoms with Crippen LogP contribution in [0.25, 0.3) is 0 Å². The molecule has 1 aliphatic heterocycles. The number of anilines is 2. The van der Waals surface area contributed by atoms with Crippen molar-refractivity contribution in [3.63, 3.8) is 0 Å². The lowest BCUT2D eigenvalue weighted by molar-refractivity contribution is -0.384. The summed E-state index contributed by atoms with van der Waals surface area (Å²) in [5.74, 6) is 0.673. The van der Waals surface area contributed by atoms with Gasteiger partial charge in [-0.1, -0.05) is 12.1 Å². The lowest BCUT2D eigenvalue weighted by Crippen LogP contribution is -2.46. The minimum Gasteiger partial charge on any atom is -0.492 e. The van der Waals surface area contributed by atoms with E-state index in [4.69, 9.17) is 4.74 Å². The molecule has 1 heterocycles. The van der Waals surface area contributed by atoms with Crippen LogP contribution in [-0.4, -0.2) is 43.5 Å². The number of carbonyl (C=O) groups excluding carboxylic acids is 1. The SMILES string of the molecule is CCOc1ccccc1N1CCN(c2ccc(C(C)=O)cc2[N+](=O)[O-])CC1. The fraction of sp³-hybridized carbons (Fsp3) is 0.350. The number of nitro groups is 1. The third-order valence-electron chi connectivity index (χ3n) is 4.70. The van der Waals surface area contributed by atoms with Crippen molar-refractivity contribution in [1.29, 1.82) is 0 Å². The number of Topliss-reactive ketones (excluding diaryl/α,β-unsaturated/α-hetero) is 1. The van der Waals surface area contributed by atoms with Crippen LogP contribution in [0, 0.1) is 10.1 Å². The van der Waals surface area contributed by atoms with Crippen LogP contribution in [-0.2, 0) is 0 Å². The summed E-state index contributed by atoms with van der Waals surface area (Å²) in [5, 5.41) is 11.5. The highest BCUT2D eigenvalue weighted by Crippen LogP contribution is 2.33. The van der Waals surface area contributed by atoms with Crippen molar-refractivity contribution in [2.75, 3.05) is 42.6 Å². The Hall–Kier alpha value is -3.09. The maximum Gasteiger partial charge on any atom is 0.293 e. The zero-order valence-corrected chi connectivity index (χ0v) is 15.6. The van der Waals surface area contributed by atoms with Gasteiger partial charge in [0.2, 0.25) is 0 Å². The number of carbonyl (C=O) groups is 1. The van der Waals surface area contributed by atoms with Crippen molar-refractivity contribution in [1.82, 2.24) is 0 Å². The first-order chi connectivity index (χ1) is 13.0. The van der Waals surface area contributed by atoms with E-state index in [0.29, 0.717) is 30.9 Å². The standard InChI is InChI=1S/C20H23N3O4/c1-3-27-20-7-5-4-6-18(20)22-12-10-21(11-13-22)17-9-8-16(15(2)24)14-19(17)23(25)26/h4-9,14H,3,10-13H2,1-2H3. The molecule has 27 heavy (non-hydrogen) atoms. The van der Waals surface area contributed by atoms with E-state index in [1.54, 1.807) is 12.1 Å². The molecule has 0 radical (unpaired) electrons. The van der Waals surface area contributed by atoms with Gasteiger partial charge in [-0.3, -0.25) is 14.9 Å². The largest absolute Gasteiger partial charge is 0.492 e. The fourth-order valence-corrected chi connectivity index (χ4v) is 3.34. The summed E-state index contributed by atoms with van der Waals surface area (Å²) in [6, 6.07) is 12.6. The number of nitrogens with zero attached hydrogens (tertiary/aromatic N) is 3. The van der Waals surface area contributed by atoms with Crippen LogP contribution in [0.5, 0.6) is 5.75 Å². The van der Waals surface area contributed by atoms with E-state index in [1.807, 2.05) is 36.1 Å². The molecule has 142 valence electrons. The van der Waals surface area contributed by atoms with Gasteiger partial charge in [-0.25, -0.2) is 0 Å². The Morgan fingerprint density at radius 1 is 1.07 bits per heavy atom. The first-order valence-corrected chi connectivity index (χ1v) is 9.02. The van der Waals surface area contributed by atoms with E-state index in [9.17, 15) is 14.9 Å². The number of hydrogen-bond donors (Lipinski definition) is 0. The average Bonchev–Trinajstić information content (AvgIpc) is 2.68. The maximum atomic E-state index is 11.5. The van der Waals surface area contributed by atoms with E-state index in [1.165, 1.54) is 13.0 Å². The molecule has 0 unspecified atom stereocenters. The first-order valence-electron chi connectivity index (χ1n) is 9.02. The van der Waals surface area contributed by atoms with Crippen molar-refractivity contribution < 1.29 is 14.5 Å². The summed E-state index contributed by atoms with van der Waals surface area (Å²) in [5.41, 5.74) is 1.93. The monoisotopic (exact) mass is 369 g/mol. The second-order valence-corrected chi connectivity index (χ2v) is 6.39. The third-order valence-corrected chi connectivity index (χ3v) is 4.70. The summed E-state index contributed by atoms with van der Waals surface area (Å²) in [7, 11) is 0. The molecule has 2 aromatic rings. The molecule has 0 N–H and O–H groups in total. The Balaban J connectivity index is 1.78. The first kappa shape index (κ1) is 18.7. The minimum absolute atomic E-state index is 0.0223. The van der Waals surface area contributed by atoms with E-state index in [0.717, 1.165) is 24.5 Å². The highest BCUT2D eigenvalue weighted by molar-refractivity contribution is 5.95. The van der Waals surface area contributed by atoms with Crippen molar-refractivity contribution in [2.24, 2.45) is 0 Å². The van der Waals surface area contributed by atoms with Gasteiger partial charge in [-0.05, 0) is 38.1 Å². The molecule has 0 aromatic heterocycles. The Morgan fingerprint density at radius 3 is 2.30 bits per heavy atom. The molecule has 0 spiro atoms. The van der Waals surface area contributed by atoms with Gasteiger partial charge in [-0.2, -0.15) is 0 Å². The Labute approximate surface area is 158 Å². The number of hydrogen-bond acceptors (Lipinski definition) is 6. The van der Waals surface area contributed by atoms with E-state index < -0.39 is 4.92 Å². The molecule has 2 aromatic carbocycles. The number of nitro benzene ring substituents is 1. The van der Waals surface area contributed by atoms with Gasteiger partial charge in [0.15, 0.2) is 5.78 Å². The smallest absolute Gasteiger partial charge is 0.293 e. The van der Waals surface area contributed by atoms with Crippen molar-refractivity contribution >= 4 is 22.8 Å². The molecule has 0 atom stereocenters. The van der Waals surface area contributed by atoms with E-state index >= 15 is 0 Å². The fourth-order valence-electron chi connectivity index (χ4n) is 3.34. The quantitative estimate of drug-likeness (QED) is 0.440. The van der Waals surface area contributed by atoms with Gasteiger partial charge in [0, 0.05) is 37.8 Å². The lowest BCUT2D eigenvalue weighted by atomic mass is 10.1. The molecule has 0 bridgehead atoms. The summed E-state index contributed by atoms with van der Waals surface area (Å²) in [6.07, 6.45) is 0. The molecule has 0 aliphatic carbocycles. The number of ether oxygens (including phenoxy) is 1. The molecule has 7 heteroatoms.